The van der Waals surface area contributed by atoms with Crippen LogP contribution >= 0.6 is 0 Å². The average Bonchev–Trinajstić information content (AvgIpc) is 2.60. The predicted octanol–water partition coefficient (Wildman–Crippen LogP) is 2.77. The van der Waals surface area contributed by atoms with Gasteiger partial charge in [0, 0.05) is 24.8 Å². The summed E-state index contributed by atoms with van der Waals surface area (Å²) in [6, 6.07) is 6.98. The van der Waals surface area contributed by atoms with Crippen LogP contribution in [0.25, 0.3) is 0 Å². The second kappa shape index (κ2) is 4.23. The van der Waals surface area contributed by atoms with Gasteiger partial charge in [0.15, 0.2) is 0 Å². The minimum atomic E-state index is 0.684. The fourth-order valence-electron chi connectivity index (χ4n) is 2.35. The molecule has 0 bridgehead atoms. The van der Waals surface area contributed by atoms with Gasteiger partial charge in [-0.25, -0.2) is 0 Å². The first-order chi connectivity index (χ1) is 7.20. The molecule has 82 valence electrons. The summed E-state index contributed by atoms with van der Waals surface area (Å²) in [6.45, 7) is 6.73. The number of nitrogen functional groups attached to an aromatic ring is 1. The van der Waals surface area contributed by atoms with Gasteiger partial charge in [-0.3, -0.25) is 4.90 Å². The number of nitrogens with zero attached hydrogens (tertiary/aromatic N) is 1. The molecule has 2 heteroatoms. The van der Waals surface area contributed by atoms with Crippen LogP contribution in [0.3, 0.4) is 0 Å². The van der Waals surface area contributed by atoms with Gasteiger partial charge in [-0.05, 0) is 36.6 Å². The highest BCUT2D eigenvalue weighted by Crippen LogP contribution is 2.27. The number of fused-ring (bicyclic) bond motifs is 1. The summed E-state index contributed by atoms with van der Waals surface area (Å²) in [7, 11) is 0. The second-order valence-electron chi connectivity index (χ2n) is 4.57. The summed E-state index contributed by atoms with van der Waals surface area (Å²) < 4.78 is 0. The zero-order chi connectivity index (χ0) is 10.8. The molecular formula is C13H20N2. The zero-order valence-corrected chi connectivity index (χ0v) is 9.66. The molecule has 0 aliphatic carbocycles. The Hall–Kier alpha value is -1.02. The van der Waals surface area contributed by atoms with Gasteiger partial charge >= 0.3 is 0 Å². The van der Waals surface area contributed by atoms with Gasteiger partial charge in [0.1, 0.15) is 0 Å². The van der Waals surface area contributed by atoms with Gasteiger partial charge < -0.3 is 5.73 Å². The highest BCUT2D eigenvalue weighted by atomic mass is 15.2. The smallest absolute Gasteiger partial charge is 0.0317 e. The molecule has 1 heterocycles. The van der Waals surface area contributed by atoms with Gasteiger partial charge in [0.2, 0.25) is 0 Å². The topological polar surface area (TPSA) is 29.3 Å². The van der Waals surface area contributed by atoms with Crippen LogP contribution in [0.5, 0.6) is 0 Å². The molecule has 1 atom stereocenters. The molecule has 1 aromatic rings. The van der Waals surface area contributed by atoms with Crippen molar-refractivity contribution in [1.82, 2.24) is 4.90 Å². The van der Waals surface area contributed by atoms with E-state index >= 15 is 0 Å². The molecular weight excluding hydrogens is 184 g/mol. The summed E-state index contributed by atoms with van der Waals surface area (Å²) in [4.78, 5) is 2.54. The summed E-state index contributed by atoms with van der Waals surface area (Å²) in [5, 5.41) is 0. The van der Waals surface area contributed by atoms with E-state index in [1.54, 1.807) is 0 Å². The maximum atomic E-state index is 5.79. The van der Waals surface area contributed by atoms with E-state index in [1.807, 2.05) is 6.07 Å². The first-order valence-corrected chi connectivity index (χ1v) is 5.82. The third kappa shape index (κ3) is 2.15. The van der Waals surface area contributed by atoms with Crippen molar-refractivity contribution in [3.05, 3.63) is 29.3 Å². The molecule has 2 N–H and O–H groups in total. The second-order valence-corrected chi connectivity index (χ2v) is 4.57. The van der Waals surface area contributed by atoms with Crippen molar-refractivity contribution in [2.75, 3.05) is 5.73 Å². The maximum absolute atomic E-state index is 5.79. The number of hydrogen-bond acceptors (Lipinski definition) is 2. The van der Waals surface area contributed by atoms with Crippen LogP contribution in [-0.4, -0.2) is 10.9 Å². The van der Waals surface area contributed by atoms with E-state index in [0.29, 0.717) is 6.04 Å². The molecule has 0 aromatic heterocycles. The number of hydrogen-bond donors (Lipinski definition) is 1. The predicted molar refractivity (Wildman–Crippen MR) is 64.5 cm³/mol. The van der Waals surface area contributed by atoms with Gasteiger partial charge in [-0.15, -0.1) is 0 Å². The van der Waals surface area contributed by atoms with Crippen LogP contribution in [-0.2, 0) is 13.1 Å². The normalized spacial score (nSPS) is 17.7. The molecule has 0 amide bonds. The van der Waals surface area contributed by atoms with E-state index in [4.69, 9.17) is 5.73 Å². The van der Waals surface area contributed by atoms with Crippen molar-refractivity contribution in [2.24, 2.45) is 0 Å². The van der Waals surface area contributed by atoms with Gasteiger partial charge in [0.05, 0.1) is 0 Å². The SMILES string of the molecule is CCCC(C)N1Cc2ccc(N)cc2C1. The molecule has 0 saturated carbocycles. The third-order valence-electron chi connectivity index (χ3n) is 3.31. The van der Waals surface area contributed by atoms with Crippen molar-refractivity contribution in [2.45, 2.75) is 45.8 Å². The van der Waals surface area contributed by atoms with Crippen molar-refractivity contribution >= 4 is 5.69 Å². The highest BCUT2D eigenvalue weighted by molar-refractivity contribution is 5.46. The molecule has 2 nitrogen and oxygen atoms in total. The van der Waals surface area contributed by atoms with Crippen LogP contribution in [0.2, 0.25) is 0 Å². The molecule has 1 unspecified atom stereocenters. The summed E-state index contributed by atoms with van der Waals surface area (Å²) in [5.41, 5.74) is 9.55. The standard InChI is InChI=1S/C13H20N2/c1-3-4-10(2)15-8-11-5-6-13(14)7-12(11)9-15/h5-7,10H,3-4,8-9,14H2,1-2H3. The molecule has 2 rings (SSSR count). The molecule has 1 aliphatic rings. The van der Waals surface area contributed by atoms with Gasteiger partial charge in [-0.2, -0.15) is 0 Å². The number of rotatable bonds is 3. The van der Waals surface area contributed by atoms with Crippen LogP contribution in [0.4, 0.5) is 5.69 Å². The molecule has 15 heavy (non-hydrogen) atoms. The van der Waals surface area contributed by atoms with Crippen LogP contribution in [0.15, 0.2) is 18.2 Å². The van der Waals surface area contributed by atoms with E-state index in [9.17, 15) is 0 Å². The fourth-order valence-corrected chi connectivity index (χ4v) is 2.35. The van der Waals surface area contributed by atoms with Crippen LogP contribution in [0.1, 0.15) is 37.8 Å². The molecule has 1 aliphatic heterocycles. The maximum Gasteiger partial charge on any atom is 0.0317 e. The van der Waals surface area contributed by atoms with Crippen LogP contribution < -0.4 is 5.73 Å². The van der Waals surface area contributed by atoms with E-state index in [1.165, 1.54) is 24.0 Å². The molecule has 0 saturated heterocycles. The highest BCUT2D eigenvalue weighted by Gasteiger charge is 2.22. The Kier molecular flexibility index (Phi) is 2.96. The Balaban J connectivity index is 2.08. The first-order valence-electron chi connectivity index (χ1n) is 5.82. The van der Waals surface area contributed by atoms with E-state index in [2.05, 4.69) is 30.9 Å². The Morgan fingerprint density at radius 3 is 2.80 bits per heavy atom. The Morgan fingerprint density at radius 2 is 2.07 bits per heavy atom. The largest absolute Gasteiger partial charge is 0.399 e. The first kappa shape index (κ1) is 10.5. The lowest BCUT2D eigenvalue weighted by atomic mass is 10.1. The van der Waals surface area contributed by atoms with Crippen molar-refractivity contribution < 1.29 is 0 Å². The van der Waals surface area contributed by atoms with Gasteiger partial charge in [0.25, 0.3) is 0 Å². The summed E-state index contributed by atoms with van der Waals surface area (Å²) in [5.74, 6) is 0. The molecule has 0 spiro atoms. The van der Waals surface area contributed by atoms with Crippen molar-refractivity contribution in [1.29, 1.82) is 0 Å². The Labute approximate surface area is 92.1 Å². The average molecular weight is 204 g/mol. The minimum Gasteiger partial charge on any atom is -0.399 e. The Bertz CT molecular complexity index is 346. The monoisotopic (exact) mass is 204 g/mol. The lowest BCUT2D eigenvalue weighted by Crippen LogP contribution is -2.27. The summed E-state index contributed by atoms with van der Waals surface area (Å²) >= 11 is 0. The van der Waals surface area contributed by atoms with E-state index in [0.717, 1.165) is 18.8 Å². The van der Waals surface area contributed by atoms with E-state index in [-0.39, 0.29) is 0 Å². The molecule has 0 radical (unpaired) electrons. The van der Waals surface area contributed by atoms with E-state index < -0.39 is 0 Å². The third-order valence-corrected chi connectivity index (χ3v) is 3.31. The lowest BCUT2D eigenvalue weighted by Gasteiger charge is -2.23. The summed E-state index contributed by atoms with van der Waals surface area (Å²) in [6.07, 6.45) is 2.54. The number of benzene rings is 1. The lowest BCUT2D eigenvalue weighted by molar-refractivity contribution is 0.202. The van der Waals surface area contributed by atoms with Gasteiger partial charge in [-0.1, -0.05) is 19.4 Å². The number of anilines is 1. The minimum absolute atomic E-state index is 0.684. The quantitative estimate of drug-likeness (QED) is 0.767. The molecule has 0 fully saturated rings. The Morgan fingerprint density at radius 1 is 1.33 bits per heavy atom. The number of nitrogens with two attached hydrogens (primary N) is 1. The fraction of sp³-hybridized carbons (Fsp3) is 0.538. The molecule has 1 aromatic carbocycles. The van der Waals surface area contributed by atoms with Crippen molar-refractivity contribution in [3.63, 3.8) is 0 Å². The van der Waals surface area contributed by atoms with Crippen molar-refractivity contribution in [3.8, 4) is 0 Å². The zero-order valence-electron chi connectivity index (χ0n) is 9.66. The van der Waals surface area contributed by atoms with Crippen LogP contribution in [0, 0.1) is 0 Å².